The van der Waals surface area contributed by atoms with E-state index in [0.717, 1.165) is 6.07 Å². The van der Waals surface area contributed by atoms with Crippen molar-refractivity contribution in [2.75, 3.05) is 13.2 Å². The van der Waals surface area contributed by atoms with Crippen LogP contribution in [0.2, 0.25) is 0 Å². The number of halogens is 3. The molecule has 1 aliphatic carbocycles. The molecule has 142 valence electrons. The summed E-state index contributed by atoms with van der Waals surface area (Å²) in [6, 6.07) is 12.7. The molecule has 4 rings (SSSR count). The molecule has 7 heteroatoms. The molecular weight excluding hydrogens is 359 g/mol. The molecule has 1 heterocycles. The van der Waals surface area contributed by atoms with Crippen molar-refractivity contribution in [3.05, 3.63) is 59.7 Å². The summed E-state index contributed by atoms with van der Waals surface area (Å²) >= 11 is 0. The van der Waals surface area contributed by atoms with Crippen molar-refractivity contribution in [1.82, 2.24) is 5.32 Å². The Morgan fingerprint density at radius 1 is 1.07 bits per heavy atom. The first-order valence-corrected chi connectivity index (χ1v) is 8.76. The van der Waals surface area contributed by atoms with Gasteiger partial charge in [-0.2, -0.15) is 13.2 Å². The summed E-state index contributed by atoms with van der Waals surface area (Å²) in [7, 11) is 0. The van der Waals surface area contributed by atoms with Crippen LogP contribution in [0.1, 0.15) is 23.5 Å². The summed E-state index contributed by atoms with van der Waals surface area (Å²) in [4.78, 5) is 12.3. The average Bonchev–Trinajstić information content (AvgIpc) is 3.46. The third-order valence-corrected chi connectivity index (χ3v) is 4.86. The predicted molar refractivity (Wildman–Crippen MR) is 91.7 cm³/mol. The normalized spacial score (nSPS) is 23.6. The van der Waals surface area contributed by atoms with Gasteiger partial charge >= 0.3 is 6.18 Å². The van der Waals surface area contributed by atoms with Crippen molar-refractivity contribution in [3.8, 4) is 11.5 Å². The molecule has 0 radical (unpaired) electrons. The monoisotopic (exact) mass is 377 g/mol. The zero-order valence-electron chi connectivity index (χ0n) is 14.3. The molecule has 0 bridgehead atoms. The molecule has 2 aromatic rings. The Balaban J connectivity index is 1.34. The van der Waals surface area contributed by atoms with Crippen molar-refractivity contribution in [2.45, 2.75) is 24.6 Å². The molecule has 0 spiro atoms. The number of amides is 1. The maximum atomic E-state index is 13.1. The third kappa shape index (κ3) is 3.72. The van der Waals surface area contributed by atoms with E-state index in [9.17, 15) is 18.0 Å². The van der Waals surface area contributed by atoms with E-state index in [1.54, 1.807) is 18.2 Å². The summed E-state index contributed by atoms with van der Waals surface area (Å²) in [5.74, 6) is 0.189. The van der Waals surface area contributed by atoms with Gasteiger partial charge in [0.05, 0.1) is 12.1 Å². The van der Waals surface area contributed by atoms with E-state index in [-0.39, 0.29) is 24.1 Å². The Morgan fingerprint density at radius 3 is 2.56 bits per heavy atom. The van der Waals surface area contributed by atoms with Crippen LogP contribution in [0.4, 0.5) is 13.2 Å². The molecular formula is C20H18F3NO3. The van der Waals surface area contributed by atoms with Crippen LogP contribution in [-0.4, -0.2) is 25.2 Å². The lowest BCUT2D eigenvalue weighted by Crippen LogP contribution is -2.41. The second-order valence-electron chi connectivity index (χ2n) is 6.78. The second-order valence-corrected chi connectivity index (χ2v) is 6.78. The van der Waals surface area contributed by atoms with Crippen molar-refractivity contribution in [2.24, 2.45) is 5.92 Å². The fourth-order valence-corrected chi connectivity index (χ4v) is 3.42. The number of carbonyl (C=O) groups is 1. The van der Waals surface area contributed by atoms with E-state index in [1.165, 1.54) is 12.1 Å². The maximum Gasteiger partial charge on any atom is 0.416 e. The Bertz CT molecular complexity index is 852. The lowest BCUT2D eigenvalue weighted by Gasteiger charge is -2.26. The van der Waals surface area contributed by atoms with E-state index < -0.39 is 23.6 Å². The number of nitrogens with one attached hydrogen (secondary N) is 1. The Hall–Kier alpha value is -2.70. The minimum atomic E-state index is -4.42. The smallest absolute Gasteiger partial charge is 0.416 e. The SMILES string of the molecule is O=C(NC[C@@H]1COc2ccccc2O1)[C@@H]1C[C@@H]1c1ccccc1C(F)(F)F. The molecule has 3 atom stereocenters. The highest BCUT2D eigenvalue weighted by Crippen LogP contribution is 2.51. The van der Waals surface area contributed by atoms with Gasteiger partial charge in [-0.1, -0.05) is 30.3 Å². The topological polar surface area (TPSA) is 47.6 Å². The van der Waals surface area contributed by atoms with Gasteiger partial charge in [-0.15, -0.1) is 0 Å². The summed E-state index contributed by atoms with van der Waals surface area (Å²) in [5.41, 5.74) is -0.470. The maximum absolute atomic E-state index is 13.1. The average molecular weight is 377 g/mol. The first-order valence-electron chi connectivity index (χ1n) is 8.76. The Kier molecular flexibility index (Phi) is 4.45. The minimum Gasteiger partial charge on any atom is -0.486 e. The highest BCUT2D eigenvalue weighted by Gasteiger charge is 2.47. The standard InChI is InChI=1S/C20H18F3NO3/c21-20(22,23)16-6-2-1-5-13(16)14-9-15(14)19(25)24-10-12-11-26-17-7-3-4-8-18(17)27-12/h1-8,12,14-15H,9-11H2,(H,24,25)/t12-,14-,15-/m1/s1. The highest BCUT2D eigenvalue weighted by molar-refractivity contribution is 5.83. The molecule has 1 saturated carbocycles. The molecule has 2 aliphatic rings. The van der Waals surface area contributed by atoms with Gasteiger partial charge in [0.15, 0.2) is 11.5 Å². The molecule has 4 nitrogen and oxygen atoms in total. The largest absolute Gasteiger partial charge is 0.486 e. The molecule has 0 aromatic heterocycles. The Labute approximate surface area is 154 Å². The summed E-state index contributed by atoms with van der Waals surface area (Å²) < 4.78 is 50.8. The Morgan fingerprint density at radius 2 is 1.78 bits per heavy atom. The number of carbonyl (C=O) groups excluding carboxylic acids is 1. The first kappa shape index (κ1) is 17.7. The number of hydrogen-bond donors (Lipinski definition) is 1. The molecule has 1 fully saturated rings. The van der Waals surface area contributed by atoms with Gasteiger partial charge < -0.3 is 14.8 Å². The molecule has 1 N–H and O–H groups in total. The molecule has 27 heavy (non-hydrogen) atoms. The lowest BCUT2D eigenvalue weighted by atomic mass is 10.0. The zero-order chi connectivity index (χ0) is 19.0. The van der Waals surface area contributed by atoms with Gasteiger partial charge in [-0.05, 0) is 36.1 Å². The van der Waals surface area contributed by atoms with Crippen LogP contribution in [0.5, 0.6) is 11.5 Å². The molecule has 1 amide bonds. The highest BCUT2D eigenvalue weighted by atomic mass is 19.4. The van der Waals surface area contributed by atoms with Gasteiger partial charge in [-0.3, -0.25) is 4.79 Å². The van der Waals surface area contributed by atoms with E-state index in [2.05, 4.69) is 5.32 Å². The van der Waals surface area contributed by atoms with Crippen LogP contribution in [0, 0.1) is 5.92 Å². The number of para-hydroxylation sites is 2. The van der Waals surface area contributed by atoms with Gasteiger partial charge in [0.1, 0.15) is 12.7 Å². The van der Waals surface area contributed by atoms with E-state index >= 15 is 0 Å². The molecule has 2 aromatic carbocycles. The van der Waals surface area contributed by atoms with Crippen molar-refractivity contribution < 1.29 is 27.4 Å². The van der Waals surface area contributed by atoms with E-state index in [4.69, 9.17) is 9.47 Å². The van der Waals surface area contributed by atoms with E-state index in [0.29, 0.717) is 24.5 Å². The quantitative estimate of drug-likeness (QED) is 0.883. The number of ether oxygens (including phenoxy) is 2. The summed E-state index contributed by atoms with van der Waals surface area (Å²) in [5, 5.41) is 2.78. The van der Waals surface area contributed by atoms with Crippen molar-refractivity contribution in [1.29, 1.82) is 0 Å². The van der Waals surface area contributed by atoms with Crippen molar-refractivity contribution >= 4 is 5.91 Å². The van der Waals surface area contributed by atoms with E-state index in [1.807, 2.05) is 12.1 Å². The number of benzene rings is 2. The van der Waals surface area contributed by atoms with Gasteiger partial charge in [0.25, 0.3) is 0 Å². The summed E-state index contributed by atoms with van der Waals surface area (Å²) in [6.45, 7) is 0.555. The van der Waals surface area contributed by atoms with Gasteiger partial charge in [-0.25, -0.2) is 0 Å². The second kappa shape index (κ2) is 6.79. The van der Waals surface area contributed by atoms with Crippen LogP contribution in [0.15, 0.2) is 48.5 Å². The number of rotatable bonds is 4. The number of hydrogen-bond acceptors (Lipinski definition) is 3. The predicted octanol–water partition coefficient (Wildman–Crippen LogP) is 3.77. The third-order valence-electron chi connectivity index (χ3n) is 4.86. The fraction of sp³-hybridized carbons (Fsp3) is 0.350. The molecule has 0 unspecified atom stereocenters. The first-order chi connectivity index (χ1) is 12.9. The fourth-order valence-electron chi connectivity index (χ4n) is 3.42. The molecule has 1 aliphatic heterocycles. The van der Waals surface area contributed by atoms with Crippen LogP contribution in [0.25, 0.3) is 0 Å². The van der Waals surface area contributed by atoms with Crippen LogP contribution < -0.4 is 14.8 Å². The molecule has 0 saturated heterocycles. The van der Waals surface area contributed by atoms with Crippen LogP contribution >= 0.6 is 0 Å². The van der Waals surface area contributed by atoms with Crippen molar-refractivity contribution in [3.63, 3.8) is 0 Å². The zero-order valence-corrected chi connectivity index (χ0v) is 14.3. The lowest BCUT2D eigenvalue weighted by molar-refractivity contribution is -0.138. The van der Waals surface area contributed by atoms with Crippen LogP contribution in [-0.2, 0) is 11.0 Å². The minimum absolute atomic E-state index is 0.191. The van der Waals surface area contributed by atoms with Gasteiger partial charge in [0, 0.05) is 5.92 Å². The summed E-state index contributed by atoms with van der Waals surface area (Å²) in [6.07, 6.45) is -4.33. The number of alkyl halides is 3. The van der Waals surface area contributed by atoms with Gasteiger partial charge in [0.2, 0.25) is 5.91 Å². The van der Waals surface area contributed by atoms with Crippen LogP contribution in [0.3, 0.4) is 0 Å². The number of fused-ring (bicyclic) bond motifs is 1.